The molecule has 0 saturated carbocycles. The zero-order valence-electron chi connectivity index (χ0n) is 14.1. The van der Waals surface area contributed by atoms with Crippen molar-refractivity contribution in [3.8, 4) is 0 Å². The van der Waals surface area contributed by atoms with E-state index in [2.05, 4.69) is 5.32 Å². The predicted octanol–water partition coefficient (Wildman–Crippen LogP) is 1.71. The van der Waals surface area contributed by atoms with Crippen LogP contribution in [0, 0.1) is 0 Å². The van der Waals surface area contributed by atoms with Gasteiger partial charge in [0.05, 0.1) is 0 Å². The second-order valence-corrected chi connectivity index (χ2v) is 7.49. The molecule has 7 nitrogen and oxygen atoms in total. The van der Waals surface area contributed by atoms with Gasteiger partial charge in [0.2, 0.25) is 5.91 Å². The fourth-order valence-corrected chi connectivity index (χ4v) is 2.90. The first-order valence-electron chi connectivity index (χ1n) is 7.67. The quantitative estimate of drug-likeness (QED) is 0.760. The number of alkyl carbamates (subject to hydrolysis) is 1. The van der Waals surface area contributed by atoms with Crippen LogP contribution < -0.4 is 5.32 Å². The number of carboxylic acids is 1. The van der Waals surface area contributed by atoms with Crippen molar-refractivity contribution in [1.82, 2.24) is 10.2 Å². The maximum Gasteiger partial charge on any atom is 0.408 e. The van der Waals surface area contributed by atoms with Gasteiger partial charge in [0.25, 0.3) is 0 Å². The molecule has 1 heterocycles. The number of hydrogen-bond donors (Lipinski definition) is 2. The summed E-state index contributed by atoms with van der Waals surface area (Å²) >= 11 is 1.56. The molecule has 0 aromatic heterocycles. The van der Waals surface area contributed by atoms with E-state index < -0.39 is 29.7 Å². The van der Waals surface area contributed by atoms with E-state index >= 15 is 0 Å². The number of carbonyl (C=O) groups excluding carboxylic acids is 2. The molecule has 1 aliphatic heterocycles. The molecule has 8 heteroatoms. The highest BCUT2D eigenvalue weighted by molar-refractivity contribution is 7.98. The Bertz CT molecular complexity index is 450. The molecule has 132 valence electrons. The van der Waals surface area contributed by atoms with Crippen LogP contribution in [-0.4, -0.2) is 64.2 Å². The second-order valence-electron chi connectivity index (χ2n) is 6.51. The van der Waals surface area contributed by atoms with E-state index in [0.29, 0.717) is 31.6 Å². The summed E-state index contributed by atoms with van der Waals surface area (Å²) in [6, 6.07) is -1.57. The van der Waals surface area contributed by atoms with Crippen molar-refractivity contribution < 1.29 is 24.2 Å². The predicted molar refractivity (Wildman–Crippen MR) is 88.5 cm³/mol. The van der Waals surface area contributed by atoms with Crippen molar-refractivity contribution in [2.24, 2.45) is 0 Å². The Labute approximate surface area is 141 Å². The number of nitrogens with zero attached hydrogens (tertiary/aromatic N) is 1. The first-order chi connectivity index (χ1) is 10.7. The lowest BCUT2D eigenvalue weighted by Crippen LogP contribution is -2.52. The monoisotopic (exact) mass is 346 g/mol. The lowest BCUT2D eigenvalue weighted by molar-refractivity contribution is -0.149. The van der Waals surface area contributed by atoms with Crippen LogP contribution in [0.4, 0.5) is 4.79 Å². The summed E-state index contributed by atoms with van der Waals surface area (Å²) in [5.41, 5.74) is -0.658. The van der Waals surface area contributed by atoms with Crippen molar-refractivity contribution in [3.63, 3.8) is 0 Å². The number of carbonyl (C=O) groups is 3. The SMILES string of the molecule is CSCC[C@@H](NC(=O)OC(C)(C)C)C(=O)N1CCC[C@H]1C(=O)O. The number of rotatable bonds is 6. The highest BCUT2D eigenvalue weighted by atomic mass is 32.2. The third-order valence-electron chi connectivity index (χ3n) is 3.42. The Morgan fingerprint density at radius 1 is 1.39 bits per heavy atom. The zero-order valence-corrected chi connectivity index (χ0v) is 14.9. The van der Waals surface area contributed by atoms with Crippen molar-refractivity contribution in [3.05, 3.63) is 0 Å². The number of likely N-dealkylation sites (tertiary alicyclic amines) is 1. The summed E-state index contributed by atoms with van der Waals surface area (Å²) in [6.45, 7) is 5.63. The lowest BCUT2D eigenvalue weighted by atomic mass is 10.1. The Hall–Kier alpha value is -1.44. The van der Waals surface area contributed by atoms with Crippen molar-refractivity contribution in [1.29, 1.82) is 0 Å². The first-order valence-corrected chi connectivity index (χ1v) is 9.07. The molecule has 2 atom stereocenters. The van der Waals surface area contributed by atoms with E-state index in [1.165, 1.54) is 4.90 Å². The number of carboxylic acid groups (broad SMARTS) is 1. The fraction of sp³-hybridized carbons (Fsp3) is 0.800. The summed E-state index contributed by atoms with van der Waals surface area (Å²) in [6.07, 6.45) is 2.78. The molecule has 0 radical (unpaired) electrons. The van der Waals surface area contributed by atoms with E-state index in [-0.39, 0.29) is 5.91 Å². The van der Waals surface area contributed by atoms with Gasteiger partial charge >= 0.3 is 12.1 Å². The minimum atomic E-state index is -1.00. The Morgan fingerprint density at radius 2 is 2.04 bits per heavy atom. The summed E-state index contributed by atoms with van der Waals surface area (Å²) in [7, 11) is 0. The minimum Gasteiger partial charge on any atom is -0.480 e. The molecule has 1 saturated heterocycles. The topological polar surface area (TPSA) is 95.9 Å². The Morgan fingerprint density at radius 3 is 2.57 bits per heavy atom. The summed E-state index contributed by atoms with van der Waals surface area (Å²) in [4.78, 5) is 37.2. The van der Waals surface area contributed by atoms with E-state index in [9.17, 15) is 19.5 Å². The van der Waals surface area contributed by atoms with Gasteiger partial charge in [-0.15, -0.1) is 0 Å². The largest absolute Gasteiger partial charge is 0.480 e. The maximum absolute atomic E-state index is 12.7. The van der Waals surface area contributed by atoms with Crippen LogP contribution in [0.1, 0.15) is 40.0 Å². The molecular formula is C15H26N2O5S. The second kappa shape index (κ2) is 8.42. The van der Waals surface area contributed by atoms with Crippen LogP contribution in [-0.2, 0) is 14.3 Å². The molecule has 0 aromatic rings. The van der Waals surface area contributed by atoms with Crippen LogP contribution in [0.15, 0.2) is 0 Å². The van der Waals surface area contributed by atoms with Crippen molar-refractivity contribution in [2.45, 2.75) is 57.7 Å². The van der Waals surface area contributed by atoms with Crippen LogP contribution in [0.2, 0.25) is 0 Å². The van der Waals surface area contributed by atoms with Crippen molar-refractivity contribution in [2.75, 3.05) is 18.6 Å². The highest BCUT2D eigenvalue weighted by Gasteiger charge is 2.37. The lowest BCUT2D eigenvalue weighted by Gasteiger charge is -2.28. The van der Waals surface area contributed by atoms with Gasteiger partial charge in [-0.25, -0.2) is 9.59 Å². The van der Waals surface area contributed by atoms with Gasteiger partial charge in [0, 0.05) is 6.54 Å². The number of hydrogen-bond acceptors (Lipinski definition) is 5. The third kappa shape index (κ3) is 6.29. The summed E-state index contributed by atoms with van der Waals surface area (Å²) in [5, 5.41) is 11.8. The van der Waals surface area contributed by atoms with Gasteiger partial charge in [0.15, 0.2) is 0 Å². The molecule has 1 rings (SSSR count). The van der Waals surface area contributed by atoms with Gasteiger partial charge in [-0.2, -0.15) is 11.8 Å². The number of aliphatic carboxylic acids is 1. The summed E-state index contributed by atoms with van der Waals surface area (Å²) in [5.74, 6) is -0.677. The number of thioether (sulfide) groups is 1. The molecule has 2 amide bonds. The van der Waals surface area contributed by atoms with Crippen LogP contribution >= 0.6 is 11.8 Å². The Balaban J connectivity index is 2.78. The Kier molecular flexibility index (Phi) is 7.18. The molecule has 0 aliphatic carbocycles. The van der Waals surface area contributed by atoms with Crippen molar-refractivity contribution >= 4 is 29.7 Å². The molecule has 23 heavy (non-hydrogen) atoms. The van der Waals surface area contributed by atoms with Gasteiger partial charge in [-0.05, 0) is 52.0 Å². The van der Waals surface area contributed by atoms with Gasteiger partial charge in [-0.3, -0.25) is 4.79 Å². The number of ether oxygens (including phenoxy) is 1. The average Bonchev–Trinajstić information content (AvgIpc) is 2.90. The highest BCUT2D eigenvalue weighted by Crippen LogP contribution is 2.20. The third-order valence-corrected chi connectivity index (χ3v) is 4.06. The van der Waals surface area contributed by atoms with Crippen LogP contribution in [0.5, 0.6) is 0 Å². The molecule has 0 spiro atoms. The molecule has 0 bridgehead atoms. The number of nitrogens with one attached hydrogen (secondary N) is 1. The van der Waals surface area contributed by atoms with E-state index in [1.54, 1.807) is 32.5 Å². The molecule has 1 fully saturated rings. The fourth-order valence-electron chi connectivity index (χ4n) is 2.43. The normalized spacial score (nSPS) is 19.3. The molecule has 0 aromatic carbocycles. The van der Waals surface area contributed by atoms with Gasteiger partial charge < -0.3 is 20.1 Å². The molecule has 0 unspecified atom stereocenters. The average molecular weight is 346 g/mol. The molecule has 1 aliphatic rings. The van der Waals surface area contributed by atoms with Gasteiger partial charge in [-0.1, -0.05) is 0 Å². The van der Waals surface area contributed by atoms with Crippen LogP contribution in [0.25, 0.3) is 0 Å². The van der Waals surface area contributed by atoms with Gasteiger partial charge in [0.1, 0.15) is 17.7 Å². The van der Waals surface area contributed by atoms with E-state index in [1.807, 2.05) is 6.26 Å². The smallest absolute Gasteiger partial charge is 0.408 e. The van der Waals surface area contributed by atoms with Crippen LogP contribution in [0.3, 0.4) is 0 Å². The van der Waals surface area contributed by atoms with E-state index in [4.69, 9.17) is 4.74 Å². The van der Waals surface area contributed by atoms with E-state index in [0.717, 1.165) is 0 Å². The number of amides is 2. The molecule has 2 N–H and O–H groups in total. The first kappa shape index (κ1) is 19.6. The minimum absolute atomic E-state index is 0.352. The zero-order chi connectivity index (χ0) is 17.6. The standard InChI is InChI=1S/C15H26N2O5S/c1-15(2,3)22-14(21)16-10(7-9-23-4)12(18)17-8-5-6-11(17)13(19)20/h10-11H,5-9H2,1-4H3,(H,16,21)(H,19,20)/t10-,11+/m1/s1. The summed E-state index contributed by atoms with van der Waals surface area (Å²) < 4.78 is 5.19. The molecular weight excluding hydrogens is 320 g/mol. The maximum atomic E-state index is 12.7.